The SMILES string of the molecule is O=C(NCC1CCN(C(=O)COc2ccccc2)CC1)c1ccc(F)cc1Cl. The van der Waals surface area contributed by atoms with E-state index in [4.69, 9.17) is 16.3 Å². The van der Waals surface area contributed by atoms with Crippen LogP contribution in [0.2, 0.25) is 5.02 Å². The van der Waals surface area contributed by atoms with E-state index in [1.165, 1.54) is 12.1 Å². The van der Waals surface area contributed by atoms with E-state index in [0.717, 1.165) is 18.9 Å². The number of amides is 2. The van der Waals surface area contributed by atoms with Gasteiger partial charge < -0.3 is 15.0 Å². The van der Waals surface area contributed by atoms with Crippen LogP contribution in [-0.2, 0) is 4.79 Å². The van der Waals surface area contributed by atoms with Crippen molar-refractivity contribution in [3.8, 4) is 5.75 Å². The highest BCUT2D eigenvalue weighted by Gasteiger charge is 2.23. The van der Waals surface area contributed by atoms with Crippen molar-refractivity contribution in [1.82, 2.24) is 10.2 Å². The number of benzene rings is 2. The molecular formula is C21H22ClFN2O3. The molecule has 0 radical (unpaired) electrons. The topological polar surface area (TPSA) is 58.6 Å². The fourth-order valence-corrected chi connectivity index (χ4v) is 3.40. The summed E-state index contributed by atoms with van der Waals surface area (Å²) in [5.74, 6) is 0.120. The number of halogens is 2. The lowest BCUT2D eigenvalue weighted by Crippen LogP contribution is -2.43. The van der Waals surface area contributed by atoms with Crippen molar-refractivity contribution in [2.24, 2.45) is 5.92 Å². The van der Waals surface area contributed by atoms with Gasteiger partial charge in [0.2, 0.25) is 0 Å². The second-order valence-corrected chi connectivity index (χ2v) is 7.17. The van der Waals surface area contributed by atoms with E-state index in [-0.39, 0.29) is 34.9 Å². The van der Waals surface area contributed by atoms with Gasteiger partial charge in [0.15, 0.2) is 6.61 Å². The van der Waals surface area contributed by atoms with Crippen molar-refractivity contribution < 1.29 is 18.7 Å². The first-order valence-corrected chi connectivity index (χ1v) is 9.59. The number of likely N-dealkylation sites (tertiary alicyclic amines) is 1. The molecule has 0 aliphatic carbocycles. The average molecular weight is 405 g/mol. The predicted molar refractivity (Wildman–Crippen MR) is 105 cm³/mol. The van der Waals surface area contributed by atoms with Crippen LogP contribution >= 0.6 is 11.6 Å². The molecule has 1 N–H and O–H groups in total. The van der Waals surface area contributed by atoms with Crippen LogP contribution in [-0.4, -0.2) is 43.0 Å². The third-order valence-corrected chi connectivity index (χ3v) is 5.11. The first kappa shape index (κ1) is 20.1. The molecule has 1 saturated heterocycles. The van der Waals surface area contributed by atoms with E-state index in [1.807, 2.05) is 30.3 Å². The zero-order valence-electron chi connectivity index (χ0n) is 15.4. The Morgan fingerprint density at radius 1 is 1.14 bits per heavy atom. The lowest BCUT2D eigenvalue weighted by Gasteiger charge is -2.32. The molecule has 0 unspecified atom stereocenters. The van der Waals surface area contributed by atoms with Crippen molar-refractivity contribution in [2.75, 3.05) is 26.2 Å². The van der Waals surface area contributed by atoms with Crippen LogP contribution in [0.25, 0.3) is 0 Å². The third kappa shape index (κ3) is 5.45. The molecule has 148 valence electrons. The number of para-hydroxylation sites is 1. The molecule has 2 amide bonds. The van der Waals surface area contributed by atoms with Gasteiger partial charge in [-0.15, -0.1) is 0 Å². The molecule has 0 atom stereocenters. The highest BCUT2D eigenvalue weighted by Crippen LogP contribution is 2.19. The number of nitrogens with zero attached hydrogens (tertiary/aromatic N) is 1. The quantitative estimate of drug-likeness (QED) is 0.801. The normalized spacial score (nSPS) is 14.6. The number of rotatable bonds is 6. The van der Waals surface area contributed by atoms with E-state index >= 15 is 0 Å². The Labute approximate surface area is 168 Å². The third-order valence-electron chi connectivity index (χ3n) is 4.80. The molecule has 3 rings (SSSR count). The van der Waals surface area contributed by atoms with Gasteiger partial charge in [-0.2, -0.15) is 0 Å². The summed E-state index contributed by atoms with van der Waals surface area (Å²) in [5, 5.41) is 2.94. The summed E-state index contributed by atoms with van der Waals surface area (Å²) < 4.78 is 18.6. The summed E-state index contributed by atoms with van der Waals surface area (Å²) in [5.41, 5.74) is 0.258. The molecule has 1 aliphatic heterocycles. The molecule has 5 nitrogen and oxygen atoms in total. The first-order valence-electron chi connectivity index (χ1n) is 9.22. The van der Waals surface area contributed by atoms with Gasteiger partial charge in [-0.1, -0.05) is 29.8 Å². The van der Waals surface area contributed by atoms with Crippen molar-refractivity contribution >= 4 is 23.4 Å². The minimum absolute atomic E-state index is 0.0223. The Hall–Kier alpha value is -2.60. The first-order chi connectivity index (χ1) is 13.5. The second-order valence-electron chi connectivity index (χ2n) is 6.76. The van der Waals surface area contributed by atoms with Gasteiger partial charge in [-0.05, 0) is 49.1 Å². The Bertz CT molecular complexity index is 824. The van der Waals surface area contributed by atoms with Crippen LogP contribution in [0.5, 0.6) is 5.75 Å². The summed E-state index contributed by atoms with van der Waals surface area (Å²) in [6, 6.07) is 13.0. The lowest BCUT2D eigenvalue weighted by atomic mass is 9.96. The molecular weight excluding hydrogens is 383 g/mol. The van der Waals surface area contributed by atoms with Crippen LogP contribution in [0.4, 0.5) is 4.39 Å². The maximum absolute atomic E-state index is 13.1. The van der Waals surface area contributed by atoms with Gasteiger partial charge in [0.05, 0.1) is 10.6 Å². The number of nitrogens with one attached hydrogen (secondary N) is 1. The summed E-state index contributed by atoms with van der Waals surface area (Å²) in [6.45, 7) is 1.78. The van der Waals surface area contributed by atoms with Crippen LogP contribution in [0, 0.1) is 11.7 Å². The molecule has 0 bridgehead atoms. The van der Waals surface area contributed by atoms with E-state index < -0.39 is 5.82 Å². The van der Waals surface area contributed by atoms with E-state index in [0.29, 0.717) is 25.4 Å². The van der Waals surface area contributed by atoms with Gasteiger partial charge in [-0.25, -0.2) is 4.39 Å². The van der Waals surface area contributed by atoms with Gasteiger partial charge >= 0.3 is 0 Å². The Morgan fingerprint density at radius 2 is 1.86 bits per heavy atom. The molecule has 7 heteroatoms. The molecule has 1 heterocycles. The monoisotopic (exact) mass is 404 g/mol. The number of carbonyl (C=O) groups is 2. The van der Waals surface area contributed by atoms with Crippen LogP contribution in [0.1, 0.15) is 23.2 Å². The van der Waals surface area contributed by atoms with E-state index in [1.54, 1.807) is 4.90 Å². The van der Waals surface area contributed by atoms with E-state index in [9.17, 15) is 14.0 Å². The van der Waals surface area contributed by atoms with E-state index in [2.05, 4.69) is 5.32 Å². The van der Waals surface area contributed by atoms with Gasteiger partial charge in [0, 0.05) is 19.6 Å². The van der Waals surface area contributed by atoms with Gasteiger partial charge in [0.1, 0.15) is 11.6 Å². The predicted octanol–water partition coefficient (Wildman–Crippen LogP) is 3.53. The molecule has 1 aliphatic rings. The average Bonchev–Trinajstić information content (AvgIpc) is 2.71. The smallest absolute Gasteiger partial charge is 0.260 e. The largest absolute Gasteiger partial charge is 0.484 e. The number of ether oxygens (including phenoxy) is 1. The molecule has 0 aromatic heterocycles. The summed E-state index contributed by atoms with van der Waals surface area (Å²) in [4.78, 5) is 26.3. The molecule has 2 aromatic carbocycles. The highest BCUT2D eigenvalue weighted by atomic mass is 35.5. The van der Waals surface area contributed by atoms with Crippen molar-refractivity contribution in [2.45, 2.75) is 12.8 Å². The second kappa shape index (κ2) is 9.55. The van der Waals surface area contributed by atoms with Crippen molar-refractivity contribution in [1.29, 1.82) is 0 Å². The van der Waals surface area contributed by atoms with Crippen LogP contribution in [0.3, 0.4) is 0 Å². The standard InChI is InChI=1S/C21H22ClFN2O3/c22-19-12-16(23)6-7-18(19)21(27)24-13-15-8-10-25(11-9-15)20(26)14-28-17-4-2-1-3-5-17/h1-7,12,15H,8-11,13-14H2,(H,24,27). The zero-order valence-corrected chi connectivity index (χ0v) is 16.1. The minimum atomic E-state index is -0.477. The summed E-state index contributed by atoms with van der Waals surface area (Å²) >= 11 is 5.92. The summed E-state index contributed by atoms with van der Waals surface area (Å²) in [7, 11) is 0. The molecule has 0 spiro atoms. The molecule has 1 fully saturated rings. The summed E-state index contributed by atoms with van der Waals surface area (Å²) in [6.07, 6.45) is 1.60. The number of carbonyl (C=O) groups excluding carboxylic acids is 2. The Balaban J connectivity index is 1.40. The van der Waals surface area contributed by atoms with Crippen molar-refractivity contribution in [3.63, 3.8) is 0 Å². The highest BCUT2D eigenvalue weighted by molar-refractivity contribution is 6.33. The maximum atomic E-state index is 13.1. The molecule has 28 heavy (non-hydrogen) atoms. The van der Waals surface area contributed by atoms with Gasteiger partial charge in [-0.3, -0.25) is 9.59 Å². The minimum Gasteiger partial charge on any atom is -0.484 e. The van der Waals surface area contributed by atoms with Gasteiger partial charge in [0.25, 0.3) is 11.8 Å². The van der Waals surface area contributed by atoms with Crippen LogP contribution < -0.4 is 10.1 Å². The van der Waals surface area contributed by atoms with Crippen molar-refractivity contribution in [3.05, 3.63) is 64.9 Å². The lowest BCUT2D eigenvalue weighted by molar-refractivity contribution is -0.134. The number of hydrogen-bond acceptors (Lipinski definition) is 3. The Morgan fingerprint density at radius 3 is 2.54 bits per heavy atom. The Kier molecular flexibility index (Phi) is 6.87. The molecule has 2 aromatic rings. The fourth-order valence-electron chi connectivity index (χ4n) is 3.15. The van der Waals surface area contributed by atoms with Crippen LogP contribution in [0.15, 0.2) is 48.5 Å². The number of piperidine rings is 1. The number of hydrogen-bond donors (Lipinski definition) is 1. The zero-order chi connectivity index (χ0) is 19.9. The molecule has 0 saturated carbocycles. The fraction of sp³-hybridized carbons (Fsp3) is 0.333. The maximum Gasteiger partial charge on any atom is 0.260 e.